The van der Waals surface area contributed by atoms with Crippen LogP contribution >= 0.6 is 0 Å². The van der Waals surface area contributed by atoms with Crippen LogP contribution in [0.25, 0.3) is 0 Å². The Morgan fingerprint density at radius 2 is 2.18 bits per heavy atom. The Hall–Kier alpha value is -1.88. The highest BCUT2D eigenvalue weighted by Crippen LogP contribution is 2.15. The van der Waals surface area contributed by atoms with Crippen molar-refractivity contribution < 1.29 is 14.8 Å². The highest BCUT2D eigenvalue weighted by molar-refractivity contribution is 5.95. The Kier molecular flexibility index (Phi) is 4.66. The molecular weight excluding hydrogens is 220 g/mol. The molecule has 17 heavy (non-hydrogen) atoms. The minimum atomic E-state index is -0.551. The second-order valence-electron chi connectivity index (χ2n) is 3.85. The number of hydrogen-bond acceptors (Lipinski definition) is 4. The maximum atomic E-state index is 11.4. The molecule has 0 bridgehead atoms. The lowest BCUT2D eigenvalue weighted by Gasteiger charge is -2.10. The van der Waals surface area contributed by atoms with Gasteiger partial charge in [-0.3, -0.25) is 10.0 Å². The molecule has 92 valence electrons. The molecule has 2 N–H and O–H groups in total. The van der Waals surface area contributed by atoms with Gasteiger partial charge in [-0.1, -0.05) is 17.3 Å². The van der Waals surface area contributed by atoms with Crippen molar-refractivity contribution in [1.29, 1.82) is 0 Å². The van der Waals surface area contributed by atoms with Crippen LogP contribution in [0, 0.1) is 6.92 Å². The summed E-state index contributed by atoms with van der Waals surface area (Å²) >= 11 is 0. The van der Waals surface area contributed by atoms with E-state index in [9.17, 15) is 4.79 Å². The molecule has 0 aliphatic carbocycles. The first-order chi connectivity index (χ1) is 8.06. The monoisotopic (exact) mass is 236 g/mol. The number of hydrogen-bond donors (Lipinski definition) is 2. The van der Waals surface area contributed by atoms with E-state index in [-0.39, 0.29) is 6.61 Å². The van der Waals surface area contributed by atoms with Gasteiger partial charge in [-0.2, -0.15) is 0 Å². The molecule has 0 fully saturated rings. The molecule has 0 aliphatic rings. The number of hydroxylamine groups is 1. The zero-order valence-corrected chi connectivity index (χ0v) is 10.2. The Bertz CT molecular complexity index is 437. The molecule has 0 atom stereocenters. The summed E-state index contributed by atoms with van der Waals surface area (Å²) in [7, 11) is 0. The molecule has 0 aromatic heterocycles. The molecule has 1 rings (SSSR count). The summed E-state index contributed by atoms with van der Waals surface area (Å²) in [5.41, 5.74) is 4.43. The van der Waals surface area contributed by atoms with Gasteiger partial charge in [-0.05, 0) is 32.4 Å². The summed E-state index contributed by atoms with van der Waals surface area (Å²) in [6.45, 7) is 5.70. The van der Waals surface area contributed by atoms with Gasteiger partial charge in [0.25, 0.3) is 5.91 Å². The van der Waals surface area contributed by atoms with Crippen molar-refractivity contribution >= 4 is 11.6 Å². The summed E-state index contributed by atoms with van der Waals surface area (Å²) in [6.07, 6.45) is 0. The minimum absolute atomic E-state index is 0.195. The van der Waals surface area contributed by atoms with Crippen LogP contribution in [0.4, 0.5) is 0 Å². The number of rotatable bonds is 4. The Balaban J connectivity index is 2.96. The topological polar surface area (TPSA) is 70.9 Å². The quantitative estimate of drug-likeness (QED) is 0.477. The van der Waals surface area contributed by atoms with Crippen LogP contribution in [0.15, 0.2) is 23.4 Å². The van der Waals surface area contributed by atoms with Crippen LogP contribution in [0.5, 0.6) is 0 Å². The van der Waals surface area contributed by atoms with Crippen molar-refractivity contribution in [3.8, 4) is 0 Å². The largest absolute Gasteiger partial charge is 0.391 e. The van der Waals surface area contributed by atoms with Crippen molar-refractivity contribution in [3.05, 3.63) is 34.9 Å². The van der Waals surface area contributed by atoms with Gasteiger partial charge in [0.05, 0.1) is 5.71 Å². The number of carbonyl (C=O) groups is 1. The first-order valence-electron chi connectivity index (χ1n) is 5.22. The molecule has 0 radical (unpaired) electrons. The number of nitrogens with zero attached hydrogens (tertiary/aromatic N) is 1. The van der Waals surface area contributed by atoms with E-state index < -0.39 is 5.91 Å². The smallest absolute Gasteiger partial charge is 0.275 e. The molecule has 0 aliphatic heterocycles. The van der Waals surface area contributed by atoms with E-state index >= 15 is 0 Å². The fraction of sp³-hybridized carbons (Fsp3) is 0.333. The maximum absolute atomic E-state index is 11.4. The number of nitrogens with one attached hydrogen (secondary N) is 1. The highest BCUT2D eigenvalue weighted by atomic mass is 16.6. The lowest BCUT2D eigenvalue weighted by molar-refractivity contribution is 0.0698. The first kappa shape index (κ1) is 13.2. The van der Waals surface area contributed by atoms with Crippen molar-refractivity contribution in [2.75, 3.05) is 0 Å². The zero-order valence-electron chi connectivity index (χ0n) is 10.2. The van der Waals surface area contributed by atoms with Gasteiger partial charge in [0.15, 0.2) is 0 Å². The predicted molar refractivity (Wildman–Crippen MR) is 64.0 cm³/mol. The normalized spacial score (nSPS) is 9.65. The fourth-order valence-electron chi connectivity index (χ4n) is 1.39. The summed E-state index contributed by atoms with van der Waals surface area (Å²) in [6, 6.07) is 5.24. The van der Waals surface area contributed by atoms with Crippen molar-refractivity contribution in [3.63, 3.8) is 0 Å². The highest BCUT2D eigenvalue weighted by Gasteiger charge is 2.12. The molecule has 0 heterocycles. The lowest BCUT2D eigenvalue weighted by Crippen LogP contribution is -2.20. The fourth-order valence-corrected chi connectivity index (χ4v) is 1.39. The van der Waals surface area contributed by atoms with Gasteiger partial charge in [0.1, 0.15) is 6.61 Å². The summed E-state index contributed by atoms with van der Waals surface area (Å²) in [4.78, 5) is 16.6. The summed E-state index contributed by atoms with van der Waals surface area (Å²) in [5, 5.41) is 12.5. The second kappa shape index (κ2) is 6.00. The average Bonchev–Trinajstić information content (AvgIpc) is 2.29. The van der Waals surface area contributed by atoms with Gasteiger partial charge in [0.2, 0.25) is 0 Å². The van der Waals surface area contributed by atoms with E-state index in [1.54, 1.807) is 17.6 Å². The minimum Gasteiger partial charge on any atom is -0.391 e. The molecule has 0 saturated heterocycles. The lowest BCUT2D eigenvalue weighted by atomic mass is 10.0. The third kappa shape index (κ3) is 3.57. The molecule has 0 spiro atoms. The van der Waals surface area contributed by atoms with E-state index in [2.05, 4.69) is 5.16 Å². The van der Waals surface area contributed by atoms with Gasteiger partial charge in [-0.15, -0.1) is 0 Å². The van der Waals surface area contributed by atoms with Crippen LogP contribution in [0.1, 0.15) is 35.3 Å². The van der Waals surface area contributed by atoms with Crippen LogP contribution in [0.2, 0.25) is 0 Å². The van der Waals surface area contributed by atoms with Crippen LogP contribution in [-0.4, -0.2) is 16.8 Å². The van der Waals surface area contributed by atoms with Gasteiger partial charge < -0.3 is 4.84 Å². The first-order valence-corrected chi connectivity index (χ1v) is 5.22. The molecule has 0 unspecified atom stereocenters. The summed E-state index contributed by atoms with van der Waals surface area (Å²) in [5.74, 6) is -0.551. The molecular formula is C12H16N2O3. The van der Waals surface area contributed by atoms with E-state index in [0.29, 0.717) is 11.1 Å². The van der Waals surface area contributed by atoms with Crippen molar-refractivity contribution in [1.82, 2.24) is 5.48 Å². The van der Waals surface area contributed by atoms with Gasteiger partial charge in [-0.25, -0.2) is 5.48 Å². The summed E-state index contributed by atoms with van der Waals surface area (Å²) < 4.78 is 0. The van der Waals surface area contributed by atoms with Gasteiger partial charge in [0, 0.05) is 11.1 Å². The van der Waals surface area contributed by atoms with Crippen molar-refractivity contribution in [2.45, 2.75) is 27.4 Å². The zero-order chi connectivity index (χ0) is 12.8. The third-order valence-electron chi connectivity index (χ3n) is 2.21. The predicted octanol–water partition coefficient (Wildman–Crippen LogP) is 2.03. The maximum Gasteiger partial charge on any atom is 0.275 e. The standard InChI is InChI=1S/C12H16N2O3/c1-8(2)14-17-7-11-9(3)5-4-6-10(11)12(15)13-16/h4-6,16H,7H2,1-3H3,(H,13,15). The molecule has 1 aromatic carbocycles. The SMILES string of the molecule is CC(C)=NOCc1c(C)cccc1C(=O)NO. The second-order valence-corrected chi connectivity index (χ2v) is 3.85. The average molecular weight is 236 g/mol. The number of amides is 1. The van der Waals surface area contributed by atoms with E-state index in [1.165, 1.54) is 0 Å². The number of benzene rings is 1. The van der Waals surface area contributed by atoms with E-state index in [1.807, 2.05) is 26.8 Å². The van der Waals surface area contributed by atoms with Gasteiger partial charge >= 0.3 is 0 Å². The third-order valence-corrected chi connectivity index (χ3v) is 2.21. The molecule has 5 nitrogen and oxygen atoms in total. The number of oxime groups is 1. The van der Waals surface area contributed by atoms with Crippen LogP contribution in [0.3, 0.4) is 0 Å². The van der Waals surface area contributed by atoms with Crippen molar-refractivity contribution in [2.24, 2.45) is 5.16 Å². The van der Waals surface area contributed by atoms with Crippen LogP contribution in [-0.2, 0) is 11.4 Å². The van der Waals surface area contributed by atoms with E-state index in [0.717, 1.165) is 11.3 Å². The molecule has 5 heteroatoms. The number of aryl methyl sites for hydroxylation is 1. The molecule has 1 aromatic rings. The Morgan fingerprint density at radius 3 is 2.76 bits per heavy atom. The van der Waals surface area contributed by atoms with Crippen LogP contribution < -0.4 is 5.48 Å². The molecule has 0 saturated carbocycles. The number of carbonyl (C=O) groups excluding carboxylic acids is 1. The van der Waals surface area contributed by atoms with E-state index in [4.69, 9.17) is 10.0 Å². The molecule has 1 amide bonds. The Morgan fingerprint density at radius 1 is 1.47 bits per heavy atom. The Labute approximate surface area is 100 Å².